The molecule has 20 nitrogen and oxygen atoms in total. The largest absolute Gasteiger partial charge is 0.477 e. The molecule has 4 aromatic carbocycles. The topological polar surface area (TPSA) is 325 Å². The second-order valence-electron chi connectivity index (χ2n) is 17.7. The Morgan fingerprint density at radius 1 is 0.750 bits per heavy atom. The second-order valence-corrected chi connectivity index (χ2v) is 23.9. The van der Waals surface area contributed by atoms with Crippen LogP contribution in [0.15, 0.2) is 111 Å². The number of rotatable bonds is 14. The number of benzene rings is 4. The number of carboxylic acid groups (broad SMARTS) is 1. The van der Waals surface area contributed by atoms with Crippen LogP contribution in [0.25, 0.3) is 27.1 Å². The zero-order valence-electron chi connectivity index (χ0n) is 38.7. The van der Waals surface area contributed by atoms with Gasteiger partial charge in [-0.15, -0.1) is 12.6 Å². The summed E-state index contributed by atoms with van der Waals surface area (Å²) in [6.45, 7) is 11.7. The van der Waals surface area contributed by atoms with E-state index < -0.39 is 83.4 Å². The van der Waals surface area contributed by atoms with Crippen molar-refractivity contribution in [2.75, 3.05) is 23.7 Å². The van der Waals surface area contributed by atoms with Crippen LogP contribution in [0.2, 0.25) is 0 Å². The third kappa shape index (κ3) is 11.6. The van der Waals surface area contributed by atoms with E-state index in [1.807, 2.05) is 39.0 Å². The minimum Gasteiger partial charge on any atom is -0.477 e. The number of aromatic carboxylic acids is 1. The van der Waals surface area contributed by atoms with E-state index in [4.69, 9.17) is 12.6 Å². The Hall–Kier alpha value is -6.03. The van der Waals surface area contributed by atoms with Crippen LogP contribution in [0.5, 0.6) is 0 Å². The molecule has 0 spiro atoms. The van der Waals surface area contributed by atoms with Crippen molar-refractivity contribution in [2.24, 2.45) is 0 Å². The molecular formula is C47H52N3O17S5+. The molecule has 0 aliphatic carbocycles. The number of nitrogens with zero attached hydrogens (tertiary/aromatic N) is 3. The predicted octanol–water partition coefficient (Wildman–Crippen LogP) is 7.15. The number of carbonyl (C=O) groups is 1. The molecule has 1 aromatic heterocycles. The van der Waals surface area contributed by atoms with E-state index in [1.54, 1.807) is 50.0 Å². The molecule has 25 heteroatoms. The smallest absolute Gasteiger partial charge is 0.425 e. The summed E-state index contributed by atoms with van der Waals surface area (Å²) in [5.74, 6) is -1.92. The van der Waals surface area contributed by atoms with Crippen LogP contribution >= 0.6 is 0 Å². The molecule has 72 heavy (non-hydrogen) atoms. The first-order valence-corrected chi connectivity index (χ1v) is 28.2. The van der Waals surface area contributed by atoms with Crippen LogP contribution in [0.4, 0.5) is 11.4 Å². The summed E-state index contributed by atoms with van der Waals surface area (Å²) in [5.41, 5.74) is 2.67. The van der Waals surface area contributed by atoms with Gasteiger partial charge in [-0.05, 0) is 115 Å². The molecule has 3 heterocycles. The van der Waals surface area contributed by atoms with Crippen LogP contribution in [0.1, 0.15) is 87.8 Å². The molecule has 0 saturated heterocycles. The maximum atomic E-state index is 12.7. The van der Waals surface area contributed by atoms with E-state index in [-0.39, 0.29) is 47.4 Å². The van der Waals surface area contributed by atoms with Crippen molar-refractivity contribution in [3.8, 4) is 0 Å². The Kier molecular flexibility index (Phi) is 16.2. The second kappa shape index (κ2) is 20.5. The fourth-order valence-electron chi connectivity index (χ4n) is 9.39. The van der Waals surface area contributed by atoms with Crippen molar-refractivity contribution in [1.82, 2.24) is 4.98 Å². The lowest BCUT2D eigenvalue weighted by molar-refractivity contribution is -0.437. The van der Waals surface area contributed by atoms with Gasteiger partial charge in [0, 0.05) is 58.4 Å². The number of pyridine rings is 1. The fraction of sp³-hybridized carbons (Fsp3) is 0.298. The first kappa shape index (κ1) is 56.9. The number of hydrogen-bond acceptors (Lipinski definition) is 14. The minimum atomic E-state index is -5.06. The molecule has 5 N–H and O–H groups in total. The number of allylic oxidation sites excluding steroid dienone is 6. The third-order valence-electron chi connectivity index (χ3n) is 12.2. The average molecular weight is 1090 g/mol. The molecule has 0 atom stereocenters. The van der Waals surface area contributed by atoms with Crippen LogP contribution in [-0.2, 0) is 61.9 Å². The van der Waals surface area contributed by atoms with E-state index in [1.165, 1.54) is 36.4 Å². The Morgan fingerprint density at radius 2 is 1.32 bits per heavy atom. The van der Waals surface area contributed by atoms with Gasteiger partial charge in [0.1, 0.15) is 17.1 Å². The summed E-state index contributed by atoms with van der Waals surface area (Å²) < 4.78 is 166. The maximum Gasteiger partial charge on any atom is 0.425 e. The summed E-state index contributed by atoms with van der Waals surface area (Å²) in [7, 11) is -22.2. The van der Waals surface area contributed by atoms with Gasteiger partial charge in [0.25, 0.3) is 40.5 Å². The molecule has 2 aliphatic rings. The Balaban J connectivity index is 0.00000185. The molecule has 5 aromatic rings. The normalized spacial score (nSPS) is 16.2. The van der Waals surface area contributed by atoms with E-state index in [2.05, 4.69) is 9.56 Å². The highest BCUT2D eigenvalue weighted by Crippen LogP contribution is 2.52. The first-order chi connectivity index (χ1) is 32.7. The fourth-order valence-corrected chi connectivity index (χ4v) is 11.8. The SMILES string of the molecule is C.CCC[N+]1=C(/C=C/C(=C/C=C2/N(CCCS(=O)(=O)O)c3ccc4c(S(=O)(=O)O)cc(S(=O)(=O)O)cc4c3C2(C)C)c2cccc(C(=O)O)n2)C(C)(C)c2c1ccc1c(C)cc(S(=O)(=O)O)cc21.O=S(=O)=O. The summed E-state index contributed by atoms with van der Waals surface area (Å²) in [6.07, 6.45) is 7.56. The summed E-state index contributed by atoms with van der Waals surface area (Å²) >= 11 is 0. The Morgan fingerprint density at radius 3 is 1.88 bits per heavy atom. The number of carboxylic acids is 1. The van der Waals surface area contributed by atoms with Gasteiger partial charge < -0.3 is 10.0 Å². The van der Waals surface area contributed by atoms with Crippen LogP contribution in [0, 0.1) is 6.92 Å². The van der Waals surface area contributed by atoms with E-state index in [0.717, 1.165) is 28.4 Å². The Bertz CT molecular complexity index is 3800. The van der Waals surface area contributed by atoms with Crippen molar-refractivity contribution in [2.45, 2.75) is 87.3 Å². The first-order valence-electron chi connectivity index (χ1n) is 21.3. The number of hydrogen-bond donors (Lipinski definition) is 5. The number of fused-ring (bicyclic) bond motifs is 6. The number of aryl methyl sites for hydroxylation is 1. The number of aromatic nitrogens is 1. The maximum absolute atomic E-state index is 12.7. The van der Waals surface area contributed by atoms with Gasteiger partial charge in [0.2, 0.25) is 5.69 Å². The molecule has 0 radical (unpaired) electrons. The van der Waals surface area contributed by atoms with E-state index in [0.29, 0.717) is 52.5 Å². The zero-order chi connectivity index (χ0) is 53.0. The van der Waals surface area contributed by atoms with Gasteiger partial charge in [-0.3, -0.25) is 18.2 Å². The molecule has 0 bridgehead atoms. The van der Waals surface area contributed by atoms with E-state index in [9.17, 15) is 61.8 Å². The van der Waals surface area contributed by atoms with Crippen LogP contribution in [-0.4, -0.2) is 110 Å². The Labute approximate surface area is 418 Å². The van der Waals surface area contributed by atoms with Crippen LogP contribution in [0.3, 0.4) is 0 Å². The van der Waals surface area contributed by atoms with Crippen LogP contribution < -0.4 is 4.90 Å². The van der Waals surface area contributed by atoms with Gasteiger partial charge >= 0.3 is 16.6 Å². The molecule has 0 unspecified atom stereocenters. The molecule has 0 fully saturated rings. The van der Waals surface area contributed by atoms with E-state index >= 15 is 0 Å². The zero-order valence-corrected chi connectivity index (χ0v) is 42.8. The number of anilines is 1. The highest BCUT2D eigenvalue weighted by Gasteiger charge is 2.46. The molecule has 0 saturated carbocycles. The van der Waals surface area contributed by atoms with Gasteiger partial charge in [-0.1, -0.05) is 46.4 Å². The molecule has 2 aliphatic heterocycles. The van der Waals surface area contributed by atoms with Gasteiger partial charge in [0.05, 0.1) is 26.7 Å². The quantitative estimate of drug-likeness (QED) is 0.0418. The standard InChI is InChI=1S/C46H47N3O14S4.CH4.O3S/c1-7-20-48-37-16-14-31-27(2)23-29(65(55,56)57)24-33(31)42(37)45(3,4)40(48)18-12-28(35-10-8-11-36(47-35)44(50)51)13-19-41-46(5,6)43-34-25-30(66(58,59)60)26-39(67(61,62)63)32(34)15-17-38(43)49(41)21-9-22-64(52,53)54;;1-4(2)3/h8,10-19,23-26H,7,9,20-22H2,1-6H3,(H4-,50,51,52,53,54,55,56,57,58,59,60,61,62,63);1H4;/p+1. The molecule has 386 valence electrons. The lowest BCUT2D eigenvalue weighted by Crippen LogP contribution is -2.28. The highest BCUT2D eigenvalue weighted by atomic mass is 32.2. The monoisotopic (exact) mass is 1090 g/mol. The summed E-state index contributed by atoms with van der Waals surface area (Å²) in [6, 6.07) is 15.8. The van der Waals surface area contributed by atoms with Gasteiger partial charge in [-0.2, -0.15) is 38.2 Å². The highest BCUT2D eigenvalue weighted by molar-refractivity contribution is 7.87. The molecule has 7 rings (SSSR count). The van der Waals surface area contributed by atoms with Crippen molar-refractivity contribution in [1.29, 1.82) is 0 Å². The van der Waals surface area contributed by atoms with Gasteiger partial charge in [0.15, 0.2) is 5.71 Å². The van der Waals surface area contributed by atoms with Crippen molar-refractivity contribution < 1.29 is 79.0 Å². The summed E-state index contributed by atoms with van der Waals surface area (Å²) in [4.78, 5) is 16.5. The molecular weight excluding hydrogens is 1040 g/mol. The lowest BCUT2D eigenvalue weighted by Gasteiger charge is -2.27. The predicted molar refractivity (Wildman–Crippen MR) is 269 cm³/mol. The van der Waals surface area contributed by atoms with Gasteiger partial charge in [-0.25, -0.2) is 9.78 Å². The van der Waals surface area contributed by atoms with Crippen molar-refractivity contribution in [3.05, 3.63) is 125 Å². The average Bonchev–Trinajstić information content (AvgIpc) is 3.59. The molecule has 0 amide bonds. The van der Waals surface area contributed by atoms with Crippen molar-refractivity contribution in [3.63, 3.8) is 0 Å². The van der Waals surface area contributed by atoms with Crippen molar-refractivity contribution >= 4 is 101 Å². The summed E-state index contributed by atoms with van der Waals surface area (Å²) in [5, 5.41) is 11.3. The lowest BCUT2D eigenvalue weighted by atomic mass is 9.78. The third-order valence-corrected chi connectivity index (χ3v) is 15.6. The minimum absolute atomic E-state index is 0.